The number of rotatable bonds is 6. The molecule has 0 fully saturated rings. The molecule has 0 amide bonds. The van der Waals surface area contributed by atoms with Crippen LogP contribution < -0.4 is 5.73 Å². The van der Waals surface area contributed by atoms with Crippen LogP contribution in [0.2, 0.25) is 0 Å². The molecule has 114 valence electrons. The summed E-state index contributed by atoms with van der Waals surface area (Å²) in [6.45, 7) is 0.476. The van der Waals surface area contributed by atoms with E-state index >= 15 is 0 Å². The molecule has 0 atom stereocenters. The highest BCUT2D eigenvalue weighted by molar-refractivity contribution is 7.91. The Morgan fingerprint density at radius 1 is 1.24 bits per heavy atom. The van der Waals surface area contributed by atoms with Crippen LogP contribution >= 0.6 is 11.3 Å². The van der Waals surface area contributed by atoms with Crippen LogP contribution in [0.15, 0.2) is 40.6 Å². The van der Waals surface area contributed by atoms with Gasteiger partial charge in [-0.3, -0.25) is 0 Å². The maximum Gasteiger partial charge on any atom is 0.252 e. The molecule has 0 radical (unpaired) electrons. The van der Waals surface area contributed by atoms with Gasteiger partial charge in [0.25, 0.3) is 10.0 Å². The summed E-state index contributed by atoms with van der Waals surface area (Å²) in [5.41, 5.74) is 5.81. The highest BCUT2D eigenvalue weighted by Crippen LogP contribution is 2.25. The molecule has 2 rings (SSSR count). The van der Waals surface area contributed by atoms with E-state index in [0.717, 1.165) is 9.18 Å². The molecule has 1 aromatic carbocycles. The monoisotopic (exact) mass is 328 g/mol. The van der Waals surface area contributed by atoms with Crippen LogP contribution in [-0.4, -0.2) is 26.3 Å². The van der Waals surface area contributed by atoms with Crippen molar-refractivity contribution >= 4 is 21.4 Å². The molecule has 0 aliphatic heterocycles. The molecular formula is C14H17FN2O2S2. The summed E-state index contributed by atoms with van der Waals surface area (Å²) < 4.78 is 39.9. The SMILES string of the molecule is CN(Cc1ccccc1F)S(=O)(=O)c1ccc(CCN)s1. The third-order valence-corrected chi connectivity index (χ3v) is 6.46. The van der Waals surface area contributed by atoms with Crippen LogP contribution in [0.5, 0.6) is 0 Å². The van der Waals surface area contributed by atoms with Crippen LogP contribution in [-0.2, 0) is 23.0 Å². The van der Waals surface area contributed by atoms with E-state index in [0.29, 0.717) is 18.5 Å². The molecule has 4 nitrogen and oxygen atoms in total. The molecular weight excluding hydrogens is 311 g/mol. The molecule has 0 saturated heterocycles. The molecule has 2 aromatic rings. The lowest BCUT2D eigenvalue weighted by Gasteiger charge is -2.16. The van der Waals surface area contributed by atoms with Gasteiger partial charge < -0.3 is 5.73 Å². The van der Waals surface area contributed by atoms with Gasteiger partial charge in [0.15, 0.2) is 0 Å². The minimum Gasteiger partial charge on any atom is -0.330 e. The predicted octanol–water partition coefficient (Wildman–Crippen LogP) is 2.21. The summed E-state index contributed by atoms with van der Waals surface area (Å²) >= 11 is 1.20. The van der Waals surface area contributed by atoms with Crippen LogP contribution in [0.3, 0.4) is 0 Å². The summed E-state index contributed by atoms with van der Waals surface area (Å²) in [7, 11) is -2.16. The Morgan fingerprint density at radius 2 is 1.95 bits per heavy atom. The molecule has 0 saturated carbocycles. The van der Waals surface area contributed by atoms with Gasteiger partial charge in [-0.05, 0) is 31.2 Å². The first-order valence-corrected chi connectivity index (χ1v) is 8.69. The lowest BCUT2D eigenvalue weighted by atomic mass is 10.2. The lowest BCUT2D eigenvalue weighted by molar-refractivity contribution is 0.458. The molecule has 2 N–H and O–H groups in total. The van der Waals surface area contributed by atoms with Gasteiger partial charge in [-0.2, -0.15) is 4.31 Å². The number of nitrogens with zero attached hydrogens (tertiary/aromatic N) is 1. The highest BCUT2D eigenvalue weighted by Gasteiger charge is 2.23. The van der Waals surface area contributed by atoms with E-state index in [4.69, 9.17) is 5.73 Å². The van der Waals surface area contributed by atoms with E-state index in [1.807, 2.05) is 0 Å². The van der Waals surface area contributed by atoms with Gasteiger partial charge in [-0.1, -0.05) is 18.2 Å². The number of nitrogens with two attached hydrogens (primary N) is 1. The zero-order valence-electron chi connectivity index (χ0n) is 11.6. The van der Waals surface area contributed by atoms with Crippen molar-refractivity contribution in [2.24, 2.45) is 5.73 Å². The third-order valence-electron chi connectivity index (χ3n) is 3.04. The van der Waals surface area contributed by atoms with E-state index in [1.54, 1.807) is 30.3 Å². The van der Waals surface area contributed by atoms with Gasteiger partial charge in [0.2, 0.25) is 0 Å². The van der Waals surface area contributed by atoms with E-state index < -0.39 is 15.8 Å². The van der Waals surface area contributed by atoms with Gasteiger partial charge in [0.05, 0.1) is 0 Å². The first-order chi connectivity index (χ1) is 9.95. The summed E-state index contributed by atoms with van der Waals surface area (Å²) in [6, 6.07) is 9.50. The number of sulfonamides is 1. The Balaban J connectivity index is 2.20. The molecule has 0 bridgehead atoms. The van der Waals surface area contributed by atoms with Crippen molar-refractivity contribution in [3.05, 3.63) is 52.7 Å². The Bertz CT molecular complexity index is 713. The second-order valence-corrected chi connectivity index (χ2v) is 8.05. The van der Waals surface area contributed by atoms with E-state index in [2.05, 4.69) is 0 Å². The molecule has 21 heavy (non-hydrogen) atoms. The predicted molar refractivity (Wildman–Crippen MR) is 82.1 cm³/mol. The van der Waals surface area contributed by atoms with Gasteiger partial charge in [-0.15, -0.1) is 11.3 Å². The number of hydrogen-bond donors (Lipinski definition) is 1. The minimum atomic E-state index is -3.61. The van der Waals surface area contributed by atoms with Gasteiger partial charge in [-0.25, -0.2) is 12.8 Å². The van der Waals surface area contributed by atoms with E-state index in [9.17, 15) is 12.8 Å². The Kier molecular flexibility index (Phi) is 5.10. The topological polar surface area (TPSA) is 63.4 Å². The average Bonchev–Trinajstić information content (AvgIpc) is 2.91. The van der Waals surface area contributed by atoms with Crippen LogP contribution in [0.25, 0.3) is 0 Å². The van der Waals surface area contributed by atoms with Crippen LogP contribution in [0.1, 0.15) is 10.4 Å². The standard InChI is InChI=1S/C14H17FN2O2S2/c1-17(10-11-4-2-3-5-13(11)15)21(18,19)14-7-6-12(20-14)8-9-16/h2-7H,8-10,16H2,1H3. The van der Waals surface area contributed by atoms with Crippen molar-refractivity contribution in [1.82, 2.24) is 4.31 Å². The molecule has 0 unspecified atom stereocenters. The number of hydrogen-bond acceptors (Lipinski definition) is 4. The fraction of sp³-hybridized carbons (Fsp3) is 0.286. The fourth-order valence-corrected chi connectivity index (χ4v) is 4.61. The van der Waals surface area contributed by atoms with Crippen LogP contribution in [0.4, 0.5) is 4.39 Å². The second-order valence-electron chi connectivity index (χ2n) is 4.61. The first-order valence-electron chi connectivity index (χ1n) is 6.43. The molecule has 0 spiro atoms. The normalized spacial score (nSPS) is 12.0. The molecule has 1 heterocycles. The van der Waals surface area contributed by atoms with Crippen molar-refractivity contribution in [2.75, 3.05) is 13.6 Å². The minimum absolute atomic E-state index is 0.000864. The average molecular weight is 328 g/mol. The molecule has 7 heteroatoms. The molecule has 1 aromatic heterocycles. The number of thiophene rings is 1. The number of benzene rings is 1. The van der Waals surface area contributed by atoms with Crippen LogP contribution in [0, 0.1) is 5.82 Å². The second kappa shape index (κ2) is 6.65. The van der Waals surface area contributed by atoms with Gasteiger partial charge >= 0.3 is 0 Å². The smallest absolute Gasteiger partial charge is 0.252 e. The maximum absolute atomic E-state index is 13.6. The van der Waals surface area contributed by atoms with Crippen molar-refractivity contribution < 1.29 is 12.8 Å². The Labute approximate surface area is 128 Å². The Morgan fingerprint density at radius 3 is 2.62 bits per heavy atom. The summed E-state index contributed by atoms with van der Waals surface area (Å²) in [6.07, 6.45) is 0.650. The number of halogens is 1. The summed E-state index contributed by atoms with van der Waals surface area (Å²) in [5, 5.41) is 0. The van der Waals surface area contributed by atoms with Gasteiger partial charge in [0.1, 0.15) is 10.0 Å². The third kappa shape index (κ3) is 3.68. The zero-order chi connectivity index (χ0) is 15.5. The quantitative estimate of drug-likeness (QED) is 0.884. The Hall–Kier alpha value is -1.28. The molecule has 0 aliphatic rings. The highest BCUT2D eigenvalue weighted by atomic mass is 32.2. The van der Waals surface area contributed by atoms with Crippen molar-refractivity contribution in [2.45, 2.75) is 17.2 Å². The molecule has 0 aliphatic carbocycles. The fourth-order valence-electron chi connectivity index (χ4n) is 1.88. The van der Waals surface area contributed by atoms with Crippen molar-refractivity contribution in [3.63, 3.8) is 0 Å². The van der Waals surface area contributed by atoms with Crippen molar-refractivity contribution in [1.29, 1.82) is 0 Å². The van der Waals surface area contributed by atoms with Crippen molar-refractivity contribution in [3.8, 4) is 0 Å². The van der Waals surface area contributed by atoms with Gasteiger partial charge in [0, 0.05) is 24.0 Å². The van der Waals surface area contributed by atoms with E-state index in [1.165, 1.54) is 24.5 Å². The largest absolute Gasteiger partial charge is 0.330 e. The zero-order valence-corrected chi connectivity index (χ0v) is 13.3. The summed E-state index contributed by atoms with van der Waals surface area (Å²) in [4.78, 5) is 0.926. The maximum atomic E-state index is 13.6. The summed E-state index contributed by atoms with van der Waals surface area (Å²) in [5.74, 6) is -0.408. The van der Waals surface area contributed by atoms with E-state index in [-0.39, 0.29) is 10.8 Å². The lowest BCUT2D eigenvalue weighted by Crippen LogP contribution is -2.26. The first kappa shape index (κ1) is 16.1.